The number of alkyl halides is 3. The predicted octanol–water partition coefficient (Wildman–Crippen LogP) is 7.73. The summed E-state index contributed by atoms with van der Waals surface area (Å²) in [5, 5.41) is 17.1. The Morgan fingerprint density at radius 2 is 1.67 bits per heavy atom. The number of nitrogens with two attached hydrogens (primary N) is 1. The number of halogens is 4. The molecule has 252 valence electrons. The summed E-state index contributed by atoms with van der Waals surface area (Å²) in [7, 11) is 1.83. The molecule has 4 N–H and O–H groups in total. The topological polar surface area (TPSA) is 128 Å². The van der Waals surface area contributed by atoms with Gasteiger partial charge in [-0.05, 0) is 53.3 Å². The Hall–Kier alpha value is -5.98. The van der Waals surface area contributed by atoms with Crippen LogP contribution >= 0.6 is 0 Å². The first kappa shape index (κ1) is 34.4. The number of rotatable bonds is 9. The lowest BCUT2D eigenvalue weighted by atomic mass is 9.99. The first-order chi connectivity index (χ1) is 23.4. The third kappa shape index (κ3) is 8.30. The Morgan fingerprint density at radius 3 is 2.33 bits per heavy atom. The van der Waals surface area contributed by atoms with Crippen LogP contribution in [0, 0.1) is 5.82 Å². The maximum atomic E-state index is 16.1. The fourth-order valence-corrected chi connectivity index (χ4v) is 5.08. The number of nitrogen functional groups attached to an aromatic ring is 1. The van der Waals surface area contributed by atoms with Crippen LogP contribution in [0.4, 0.5) is 29.1 Å². The first-order valence-electron chi connectivity index (χ1n) is 15.1. The highest BCUT2D eigenvalue weighted by atomic mass is 19.4. The number of aliphatic carboxylic acids is 1. The molecule has 6 aromatic rings. The van der Waals surface area contributed by atoms with E-state index in [-0.39, 0.29) is 0 Å². The fourth-order valence-electron chi connectivity index (χ4n) is 5.08. The van der Waals surface area contributed by atoms with Crippen molar-refractivity contribution < 1.29 is 32.2 Å². The number of nitrogens with one attached hydrogen (secondary N) is 1. The second-order valence-electron chi connectivity index (χ2n) is 10.9. The van der Waals surface area contributed by atoms with Gasteiger partial charge in [-0.2, -0.15) is 18.3 Å². The van der Waals surface area contributed by atoms with Crippen LogP contribution in [-0.2, 0) is 24.9 Å². The van der Waals surface area contributed by atoms with E-state index in [1.165, 1.54) is 6.07 Å². The van der Waals surface area contributed by atoms with Crippen molar-refractivity contribution in [2.24, 2.45) is 7.05 Å². The molecule has 0 aliphatic rings. The van der Waals surface area contributed by atoms with E-state index in [1.807, 2.05) is 105 Å². The Labute approximate surface area is 279 Å². The maximum absolute atomic E-state index is 16.1. The van der Waals surface area contributed by atoms with Crippen LogP contribution < -0.4 is 15.8 Å². The van der Waals surface area contributed by atoms with Crippen molar-refractivity contribution in [3.05, 3.63) is 132 Å². The Bertz CT molecular complexity index is 2050. The number of aryl methyl sites for hydroxylation is 2. The third-order valence-corrected chi connectivity index (χ3v) is 7.54. The van der Waals surface area contributed by atoms with Crippen LogP contribution in [0.25, 0.3) is 22.2 Å². The third-order valence-electron chi connectivity index (χ3n) is 7.54. The van der Waals surface area contributed by atoms with Crippen LogP contribution in [-0.4, -0.2) is 37.0 Å². The zero-order chi connectivity index (χ0) is 35.1. The minimum atomic E-state index is -5.08. The molecule has 0 bridgehead atoms. The van der Waals surface area contributed by atoms with Crippen molar-refractivity contribution in [3.8, 4) is 17.1 Å². The molecule has 0 spiro atoms. The number of hydrogen-bond acceptors (Lipinski definition) is 7. The monoisotopic (exact) mass is 672 g/mol. The molecule has 0 amide bonds. The standard InChI is InChI=1S/C34H31FN6O.C2HF3O2/c1-3-23-19-28(29(35)20-30(23)42-21-22-10-6-4-7-11-22)31(34-39-33(40-41(34)2)24-12-8-5-9-13-24)38-26-14-15-27-25(18-26)16-17-37-32(27)36;3-2(4,5)1(6)7/h4-20,31,38H,3,21H2,1-2H3,(H2,36,37);(H,6,7). The number of carboxylic acid groups (broad SMARTS) is 1. The number of carbonyl (C=O) groups is 1. The van der Waals surface area contributed by atoms with Crippen molar-refractivity contribution in [1.29, 1.82) is 0 Å². The van der Waals surface area contributed by atoms with Gasteiger partial charge in [0.25, 0.3) is 0 Å². The van der Waals surface area contributed by atoms with E-state index < -0.39 is 24.0 Å². The number of benzene rings is 4. The molecule has 0 aliphatic heterocycles. The normalized spacial score (nSPS) is 11.8. The summed E-state index contributed by atoms with van der Waals surface area (Å²) in [5.41, 5.74) is 10.1. The minimum Gasteiger partial charge on any atom is -0.489 e. The molecule has 49 heavy (non-hydrogen) atoms. The van der Waals surface area contributed by atoms with E-state index in [0.29, 0.717) is 41.8 Å². The van der Waals surface area contributed by atoms with Gasteiger partial charge in [0, 0.05) is 41.5 Å². The SMILES string of the molecule is CCc1cc(C(Nc2ccc3c(N)nccc3c2)c2nc(-c3ccccc3)nn2C)c(F)cc1OCc1ccccc1.O=C(O)C(F)(F)F. The quantitative estimate of drug-likeness (QED) is 0.133. The van der Waals surface area contributed by atoms with Gasteiger partial charge in [-0.15, -0.1) is 0 Å². The van der Waals surface area contributed by atoms with Crippen LogP contribution in [0.15, 0.2) is 103 Å². The van der Waals surface area contributed by atoms with Gasteiger partial charge < -0.3 is 20.9 Å². The van der Waals surface area contributed by atoms with Crippen LogP contribution in [0.1, 0.15) is 35.5 Å². The number of nitrogens with zero attached hydrogens (tertiary/aromatic N) is 4. The molecule has 13 heteroatoms. The molecule has 6 rings (SSSR count). The number of ether oxygens (including phenoxy) is 1. The zero-order valence-electron chi connectivity index (χ0n) is 26.4. The van der Waals surface area contributed by atoms with Crippen molar-refractivity contribution in [3.63, 3.8) is 0 Å². The van der Waals surface area contributed by atoms with Crippen LogP contribution in [0.2, 0.25) is 0 Å². The molecule has 2 heterocycles. The number of hydrogen-bond donors (Lipinski definition) is 3. The van der Waals surface area contributed by atoms with E-state index in [2.05, 4.69) is 15.4 Å². The van der Waals surface area contributed by atoms with Gasteiger partial charge in [-0.3, -0.25) is 4.68 Å². The lowest BCUT2D eigenvalue weighted by molar-refractivity contribution is -0.192. The smallest absolute Gasteiger partial charge is 0.489 e. The van der Waals surface area contributed by atoms with E-state index in [9.17, 15) is 13.2 Å². The second kappa shape index (κ2) is 14.8. The minimum absolute atomic E-state index is 0.354. The molecule has 9 nitrogen and oxygen atoms in total. The van der Waals surface area contributed by atoms with E-state index in [1.54, 1.807) is 10.9 Å². The Morgan fingerprint density at radius 1 is 1.00 bits per heavy atom. The van der Waals surface area contributed by atoms with Gasteiger partial charge in [0.2, 0.25) is 0 Å². The van der Waals surface area contributed by atoms with Gasteiger partial charge >= 0.3 is 12.1 Å². The summed E-state index contributed by atoms with van der Waals surface area (Å²) in [6, 6.07) is 30.0. The Kier molecular flexibility index (Phi) is 10.4. The average molecular weight is 673 g/mol. The largest absolute Gasteiger partial charge is 0.490 e. The van der Waals surface area contributed by atoms with Crippen LogP contribution in [0.3, 0.4) is 0 Å². The highest BCUT2D eigenvalue weighted by Crippen LogP contribution is 2.34. The summed E-state index contributed by atoms with van der Waals surface area (Å²) in [4.78, 5) is 18.0. The molecular weight excluding hydrogens is 640 g/mol. The molecule has 0 saturated carbocycles. The van der Waals surface area contributed by atoms with Crippen LogP contribution in [0.5, 0.6) is 5.75 Å². The maximum Gasteiger partial charge on any atom is 0.490 e. The molecule has 0 radical (unpaired) electrons. The summed E-state index contributed by atoms with van der Waals surface area (Å²) in [6.07, 6.45) is -2.74. The molecular formula is C36H32F4N6O3. The van der Waals surface area contributed by atoms with E-state index in [4.69, 9.17) is 25.4 Å². The lowest BCUT2D eigenvalue weighted by Gasteiger charge is -2.22. The summed E-state index contributed by atoms with van der Waals surface area (Å²) in [5.74, 6) is -1.03. The molecule has 2 aromatic heterocycles. The van der Waals surface area contributed by atoms with Crippen molar-refractivity contribution in [1.82, 2.24) is 19.7 Å². The molecule has 0 aliphatic carbocycles. The number of aromatic nitrogens is 4. The average Bonchev–Trinajstić information content (AvgIpc) is 3.48. The molecule has 1 atom stereocenters. The lowest BCUT2D eigenvalue weighted by Crippen LogP contribution is -2.21. The molecule has 0 fully saturated rings. The first-order valence-corrected chi connectivity index (χ1v) is 15.1. The van der Waals surface area contributed by atoms with Gasteiger partial charge in [-0.25, -0.2) is 19.2 Å². The van der Waals surface area contributed by atoms with E-state index >= 15 is 4.39 Å². The van der Waals surface area contributed by atoms with Gasteiger partial charge in [0.05, 0.1) is 0 Å². The number of anilines is 2. The summed E-state index contributed by atoms with van der Waals surface area (Å²) < 4.78 is 55.6. The van der Waals surface area contributed by atoms with Crippen molar-refractivity contribution in [2.45, 2.75) is 32.2 Å². The number of fused-ring (bicyclic) bond motifs is 1. The van der Waals surface area contributed by atoms with E-state index in [0.717, 1.165) is 33.2 Å². The van der Waals surface area contributed by atoms with Gasteiger partial charge in [0.1, 0.15) is 30.0 Å². The predicted molar refractivity (Wildman–Crippen MR) is 178 cm³/mol. The van der Waals surface area contributed by atoms with Gasteiger partial charge in [0.15, 0.2) is 11.6 Å². The molecule has 0 saturated heterocycles. The van der Waals surface area contributed by atoms with Crippen molar-refractivity contribution in [2.75, 3.05) is 11.1 Å². The molecule has 1 unspecified atom stereocenters. The highest BCUT2D eigenvalue weighted by Gasteiger charge is 2.38. The Balaban J connectivity index is 0.000000606. The zero-order valence-corrected chi connectivity index (χ0v) is 26.4. The summed E-state index contributed by atoms with van der Waals surface area (Å²) in [6.45, 7) is 2.39. The number of pyridine rings is 1. The molecule has 4 aromatic carbocycles. The van der Waals surface area contributed by atoms with Gasteiger partial charge in [-0.1, -0.05) is 67.6 Å². The summed E-state index contributed by atoms with van der Waals surface area (Å²) >= 11 is 0. The highest BCUT2D eigenvalue weighted by molar-refractivity contribution is 5.93. The number of carboxylic acids is 1. The van der Waals surface area contributed by atoms with Crippen molar-refractivity contribution >= 4 is 28.2 Å². The fraction of sp³-hybridized carbons (Fsp3) is 0.167. The second-order valence-corrected chi connectivity index (χ2v) is 10.9.